The maximum absolute atomic E-state index is 13.2. The third kappa shape index (κ3) is 7.03. The number of esters is 1. The summed E-state index contributed by atoms with van der Waals surface area (Å²) in [6, 6.07) is 2.37. The lowest BCUT2D eigenvalue weighted by Gasteiger charge is -2.49. The van der Waals surface area contributed by atoms with Crippen LogP contribution in [-0.2, 0) is 33.5 Å². The Labute approximate surface area is 267 Å². The van der Waals surface area contributed by atoms with Crippen molar-refractivity contribution in [3.63, 3.8) is 0 Å². The maximum atomic E-state index is 13.2. The third-order valence-electron chi connectivity index (χ3n) is 6.47. The smallest absolute Gasteiger partial charge is 0.352 e. The molecule has 2 aromatic rings. The van der Waals surface area contributed by atoms with Crippen LogP contribution in [0.25, 0.3) is 0 Å². The van der Waals surface area contributed by atoms with Crippen molar-refractivity contribution in [3.05, 3.63) is 46.1 Å². The third-order valence-corrected chi connectivity index (χ3v) is 8.48. The number of rotatable bonds is 12. The summed E-state index contributed by atoms with van der Waals surface area (Å²) in [5.74, 6) is -6.49. The number of phenols is 1. The molecule has 2 aliphatic rings. The second-order valence-electron chi connectivity index (χ2n) is 10.1. The lowest BCUT2D eigenvalue weighted by Crippen LogP contribution is -2.71. The Kier molecular flexibility index (Phi) is 9.83. The van der Waals surface area contributed by atoms with Gasteiger partial charge in [0, 0.05) is 16.7 Å². The number of aromatic hydroxyl groups is 1. The van der Waals surface area contributed by atoms with Gasteiger partial charge in [0.25, 0.3) is 11.8 Å². The molecule has 1 fully saturated rings. The van der Waals surface area contributed by atoms with Crippen LogP contribution >= 0.6 is 23.1 Å². The molecule has 0 spiro atoms. The normalized spacial score (nSPS) is 17.8. The Hall–Kier alpha value is -5.21. The van der Waals surface area contributed by atoms with Gasteiger partial charge in [0.15, 0.2) is 10.8 Å². The number of phenolic OH excluding ortho intramolecular Hbond substituents is 1. The molecule has 9 N–H and O–H groups in total. The van der Waals surface area contributed by atoms with Crippen LogP contribution in [-0.4, -0.2) is 102 Å². The Morgan fingerprint density at radius 2 is 1.93 bits per heavy atom. The fourth-order valence-corrected chi connectivity index (χ4v) is 5.88. The lowest BCUT2D eigenvalue weighted by molar-refractivity contribution is -0.161. The summed E-state index contributed by atoms with van der Waals surface area (Å²) < 4.78 is 5.25. The number of hydrogen-bond donors (Lipinski definition) is 7. The molecule has 3 heterocycles. The number of anilines is 2. The van der Waals surface area contributed by atoms with E-state index in [9.17, 15) is 44.1 Å². The highest BCUT2D eigenvalue weighted by Crippen LogP contribution is 2.40. The Balaban J connectivity index is 1.47. The van der Waals surface area contributed by atoms with E-state index in [1.165, 1.54) is 31.4 Å². The van der Waals surface area contributed by atoms with Gasteiger partial charge in [-0.2, -0.15) is 0 Å². The summed E-state index contributed by atoms with van der Waals surface area (Å²) in [5.41, 5.74) is 8.16. The van der Waals surface area contributed by atoms with Crippen LogP contribution in [0.1, 0.15) is 29.9 Å². The van der Waals surface area contributed by atoms with E-state index in [4.69, 9.17) is 21.0 Å². The number of carbonyl (C=O) groups excluding carboxylic acids is 4. The van der Waals surface area contributed by atoms with Gasteiger partial charge in [-0.15, -0.1) is 23.1 Å². The van der Waals surface area contributed by atoms with E-state index < -0.39 is 76.4 Å². The number of nitrogens with one attached hydrogen (secondary N) is 2. The van der Waals surface area contributed by atoms with Crippen molar-refractivity contribution >= 4 is 75.3 Å². The molecule has 4 rings (SSSR count). The van der Waals surface area contributed by atoms with E-state index in [-0.39, 0.29) is 39.9 Å². The van der Waals surface area contributed by atoms with Crippen molar-refractivity contribution in [1.29, 1.82) is 0 Å². The second-order valence-corrected chi connectivity index (χ2v) is 12.1. The molecule has 1 aromatic carbocycles. The minimum atomic E-state index is -1.82. The number of thiazole rings is 1. The van der Waals surface area contributed by atoms with Crippen molar-refractivity contribution in [2.75, 3.05) is 30.0 Å². The monoisotopic (exact) mass is 677 g/mol. The van der Waals surface area contributed by atoms with Crippen molar-refractivity contribution in [2.45, 2.75) is 30.9 Å². The Morgan fingerprint density at radius 1 is 1.22 bits per heavy atom. The minimum Gasteiger partial charge on any atom is -0.506 e. The van der Waals surface area contributed by atoms with Crippen LogP contribution in [0.3, 0.4) is 0 Å². The number of fused-ring (bicyclic) bond motifs is 1. The zero-order chi connectivity index (χ0) is 33.9. The van der Waals surface area contributed by atoms with Gasteiger partial charge in [-0.05, 0) is 32.0 Å². The SMILES string of the molecule is CC(C)(ON=C(C(=O)NC1C(=O)N2C(C(=O)O)=C(COC(=O)c3ccc(NC(=O)CN)c(O)c3)CS[C@H]12)c1csc(N)n1)C(=O)O. The molecule has 0 bridgehead atoms. The minimum absolute atomic E-state index is 0.00448. The number of hydrogen-bond acceptors (Lipinski definition) is 15. The fourth-order valence-electron chi connectivity index (χ4n) is 4.01. The predicted molar refractivity (Wildman–Crippen MR) is 162 cm³/mol. The Bertz CT molecular complexity index is 1690. The number of amides is 3. The van der Waals surface area contributed by atoms with Crippen LogP contribution in [0.2, 0.25) is 0 Å². The quantitative estimate of drug-likeness (QED) is 0.0490. The van der Waals surface area contributed by atoms with Crippen molar-refractivity contribution in [3.8, 4) is 5.75 Å². The topological polar surface area (TPSA) is 286 Å². The van der Waals surface area contributed by atoms with Crippen molar-refractivity contribution in [1.82, 2.24) is 15.2 Å². The zero-order valence-corrected chi connectivity index (χ0v) is 25.6. The fraction of sp³-hybridized carbons (Fsp3) is 0.308. The molecule has 3 amide bonds. The van der Waals surface area contributed by atoms with Gasteiger partial charge in [0.1, 0.15) is 35.2 Å². The zero-order valence-electron chi connectivity index (χ0n) is 24.0. The molecule has 2 atom stereocenters. The summed E-state index contributed by atoms with van der Waals surface area (Å²) in [7, 11) is 0. The molecule has 0 saturated carbocycles. The molecule has 20 heteroatoms. The largest absolute Gasteiger partial charge is 0.506 e. The molecule has 1 aromatic heterocycles. The first-order valence-corrected chi connectivity index (χ1v) is 15.0. The van der Waals surface area contributed by atoms with Gasteiger partial charge < -0.3 is 47.0 Å². The molecule has 18 nitrogen and oxygen atoms in total. The number of nitrogens with zero attached hydrogens (tertiary/aromatic N) is 3. The molecule has 244 valence electrons. The number of aliphatic carboxylic acids is 2. The average molecular weight is 678 g/mol. The van der Waals surface area contributed by atoms with Gasteiger partial charge in [-0.1, -0.05) is 5.16 Å². The summed E-state index contributed by atoms with van der Waals surface area (Å²) in [5, 5.41) is 38.4. The van der Waals surface area contributed by atoms with Gasteiger partial charge >= 0.3 is 17.9 Å². The van der Waals surface area contributed by atoms with E-state index >= 15 is 0 Å². The van der Waals surface area contributed by atoms with Crippen LogP contribution < -0.4 is 22.1 Å². The van der Waals surface area contributed by atoms with Crippen molar-refractivity contribution in [2.24, 2.45) is 10.9 Å². The molecule has 0 aliphatic carbocycles. The molecule has 1 saturated heterocycles. The molecular formula is C26H27N7O11S2. The highest BCUT2D eigenvalue weighted by atomic mass is 32.2. The highest BCUT2D eigenvalue weighted by molar-refractivity contribution is 8.00. The molecule has 0 radical (unpaired) electrons. The first-order chi connectivity index (χ1) is 21.6. The molecule has 1 unspecified atom stereocenters. The second kappa shape index (κ2) is 13.4. The van der Waals surface area contributed by atoms with Crippen LogP contribution in [0.5, 0.6) is 5.75 Å². The molecule has 46 heavy (non-hydrogen) atoms. The summed E-state index contributed by atoms with van der Waals surface area (Å²) in [4.78, 5) is 84.0. The van der Waals surface area contributed by atoms with Crippen LogP contribution in [0, 0.1) is 0 Å². The first-order valence-electron chi connectivity index (χ1n) is 13.1. The predicted octanol–water partition coefficient (Wildman–Crippen LogP) is -0.492. The number of benzene rings is 1. The van der Waals surface area contributed by atoms with Crippen LogP contribution in [0.15, 0.2) is 40.0 Å². The average Bonchev–Trinajstić information content (AvgIpc) is 3.44. The Morgan fingerprint density at radius 3 is 2.52 bits per heavy atom. The molecule has 2 aliphatic heterocycles. The lowest BCUT2D eigenvalue weighted by atomic mass is 10.0. The van der Waals surface area contributed by atoms with E-state index in [1.54, 1.807) is 0 Å². The number of ether oxygens (including phenoxy) is 1. The summed E-state index contributed by atoms with van der Waals surface area (Å²) in [6.45, 7) is 1.58. The number of oxime groups is 1. The van der Waals surface area contributed by atoms with Gasteiger partial charge in [0.2, 0.25) is 11.5 Å². The highest BCUT2D eigenvalue weighted by Gasteiger charge is 2.54. The van der Waals surface area contributed by atoms with Gasteiger partial charge in [0.05, 0.1) is 17.8 Å². The number of carbonyl (C=O) groups is 6. The first kappa shape index (κ1) is 33.7. The number of nitrogens with two attached hydrogens (primary N) is 2. The van der Waals surface area contributed by atoms with E-state index in [1.807, 2.05) is 0 Å². The number of carboxylic acid groups (broad SMARTS) is 2. The number of aromatic nitrogens is 1. The summed E-state index contributed by atoms with van der Waals surface area (Å²) >= 11 is 2.07. The standard InChI is InChI=1S/C26H27N7O11S2/c1-26(2,24(41)42)44-32-16(13-9-46-25(28)30-13)19(36)31-17-20(37)33-18(22(38)39)11(8-45-21(17)33)7-43-23(40)10-3-4-12(14(34)5-10)29-15(35)6-27/h3-5,9,17,21,34H,6-8,27H2,1-2H3,(H2,28,30)(H,29,35)(H,31,36)(H,38,39)(H,41,42)/t17?,21-/m1/s1. The van der Waals surface area contributed by atoms with E-state index in [0.717, 1.165) is 34.1 Å². The summed E-state index contributed by atoms with van der Waals surface area (Å²) in [6.07, 6.45) is 0. The molecular weight excluding hydrogens is 650 g/mol. The number of carboxylic acids is 2. The number of β-lactam (4-membered cyclic amide) rings is 1. The van der Waals surface area contributed by atoms with Gasteiger partial charge in [-0.25, -0.2) is 19.4 Å². The number of nitrogen functional groups attached to an aromatic ring is 1. The van der Waals surface area contributed by atoms with Crippen LogP contribution in [0.4, 0.5) is 10.8 Å². The van der Waals surface area contributed by atoms with E-state index in [2.05, 4.69) is 20.8 Å². The van der Waals surface area contributed by atoms with E-state index in [0.29, 0.717) is 0 Å². The van der Waals surface area contributed by atoms with Gasteiger partial charge in [-0.3, -0.25) is 19.3 Å². The van der Waals surface area contributed by atoms with Crippen molar-refractivity contribution < 1.29 is 53.7 Å². The maximum Gasteiger partial charge on any atom is 0.352 e. The number of thioether (sulfide) groups is 1.